The quantitative estimate of drug-likeness (QED) is 0.177. The highest BCUT2D eigenvalue weighted by Crippen LogP contribution is 2.31. The molecule has 0 aliphatic carbocycles. The number of nitrogens with one attached hydrogen (secondary N) is 3. The third kappa shape index (κ3) is 8.57. The lowest BCUT2D eigenvalue weighted by atomic mass is 10.1. The van der Waals surface area contributed by atoms with Crippen LogP contribution in [0.4, 0.5) is 16.5 Å². The molecule has 11 heteroatoms. The summed E-state index contributed by atoms with van der Waals surface area (Å²) in [5, 5.41) is 17.5. The molecule has 0 fully saturated rings. The molecular formula is C25H29N5O4S2. The highest BCUT2D eigenvalue weighted by molar-refractivity contribution is 7.92. The second-order valence-electron chi connectivity index (χ2n) is 7.95. The third-order valence-corrected chi connectivity index (χ3v) is 6.98. The summed E-state index contributed by atoms with van der Waals surface area (Å²) in [6.07, 6.45) is 3.50. The van der Waals surface area contributed by atoms with E-state index in [-0.39, 0.29) is 11.7 Å². The minimum Gasteiger partial charge on any atom is -0.506 e. The number of carbonyl (C=O) groups excluding carboxylic acids is 1. The summed E-state index contributed by atoms with van der Waals surface area (Å²) in [4.78, 5) is 16.3. The first kappa shape index (κ1) is 27.0. The Morgan fingerprint density at radius 3 is 2.75 bits per heavy atom. The minimum atomic E-state index is -3.37. The lowest BCUT2D eigenvalue weighted by molar-refractivity contribution is -0.116. The average Bonchev–Trinajstić information content (AvgIpc) is 3.22. The molecular weight excluding hydrogens is 498 g/mol. The second-order valence-corrected chi connectivity index (χ2v) is 10.7. The van der Waals surface area contributed by atoms with Crippen LogP contribution in [0.3, 0.4) is 0 Å². The molecule has 1 amide bonds. The summed E-state index contributed by atoms with van der Waals surface area (Å²) in [5.74, 6) is 6.02. The van der Waals surface area contributed by atoms with Gasteiger partial charge in [-0.3, -0.25) is 4.79 Å². The number of carbonyl (C=O) groups is 1. The second kappa shape index (κ2) is 12.9. The van der Waals surface area contributed by atoms with Crippen LogP contribution in [0.5, 0.6) is 5.75 Å². The Morgan fingerprint density at radius 2 is 1.94 bits per heavy atom. The van der Waals surface area contributed by atoms with E-state index in [1.54, 1.807) is 6.07 Å². The van der Waals surface area contributed by atoms with Gasteiger partial charge in [-0.15, -0.1) is 0 Å². The zero-order valence-corrected chi connectivity index (χ0v) is 21.3. The minimum absolute atomic E-state index is 0.0529. The number of hydrogen-bond donors (Lipinski definition) is 5. The third-order valence-electron chi connectivity index (χ3n) is 5.10. The zero-order valence-electron chi connectivity index (χ0n) is 19.7. The van der Waals surface area contributed by atoms with E-state index in [0.29, 0.717) is 47.8 Å². The smallest absolute Gasteiger partial charge is 0.233 e. The first-order valence-corrected chi connectivity index (χ1v) is 13.8. The maximum atomic E-state index is 12.2. The molecule has 3 aromatic rings. The first-order chi connectivity index (χ1) is 17.3. The molecule has 0 aliphatic rings. The number of aromatic nitrogens is 1. The Hall–Kier alpha value is -3.59. The fourth-order valence-electron chi connectivity index (χ4n) is 3.36. The van der Waals surface area contributed by atoms with E-state index in [2.05, 4.69) is 38.8 Å². The van der Waals surface area contributed by atoms with Gasteiger partial charge in [0.2, 0.25) is 15.9 Å². The van der Waals surface area contributed by atoms with E-state index in [0.717, 1.165) is 35.1 Å². The molecule has 0 radical (unpaired) electrons. The van der Waals surface area contributed by atoms with Gasteiger partial charge in [-0.1, -0.05) is 48.7 Å². The summed E-state index contributed by atoms with van der Waals surface area (Å²) >= 11 is 1.30. The van der Waals surface area contributed by atoms with Crippen molar-refractivity contribution in [2.75, 3.05) is 29.5 Å². The Labute approximate surface area is 214 Å². The van der Waals surface area contributed by atoms with E-state index < -0.39 is 10.0 Å². The first-order valence-electron chi connectivity index (χ1n) is 11.4. The van der Waals surface area contributed by atoms with Gasteiger partial charge in [0.05, 0.1) is 11.2 Å². The number of nitrogen functional groups attached to an aromatic ring is 1. The van der Waals surface area contributed by atoms with Gasteiger partial charge >= 0.3 is 0 Å². The number of hydrogen-bond acceptors (Lipinski definition) is 8. The molecule has 0 unspecified atom stereocenters. The Kier molecular flexibility index (Phi) is 9.69. The van der Waals surface area contributed by atoms with E-state index in [9.17, 15) is 18.3 Å². The highest BCUT2D eigenvalue weighted by Gasteiger charge is 2.07. The predicted octanol–water partition coefficient (Wildman–Crippen LogP) is 4.00. The van der Waals surface area contributed by atoms with Crippen molar-refractivity contribution in [3.05, 3.63) is 53.9 Å². The van der Waals surface area contributed by atoms with Gasteiger partial charge in [-0.05, 0) is 43.2 Å². The normalized spacial score (nSPS) is 11.0. The fraction of sp³-hybridized carbons (Fsp3) is 0.280. The number of benzene rings is 2. The van der Waals surface area contributed by atoms with Gasteiger partial charge in [-0.2, -0.15) is 0 Å². The van der Waals surface area contributed by atoms with Crippen molar-refractivity contribution in [3.8, 4) is 17.6 Å². The van der Waals surface area contributed by atoms with Crippen LogP contribution in [0.25, 0.3) is 10.2 Å². The van der Waals surface area contributed by atoms with Crippen LogP contribution < -0.4 is 21.1 Å². The van der Waals surface area contributed by atoms with Crippen molar-refractivity contribution in [3.63, 3.8) is 0 Å². The summed E-state index contributed by atoms with van der Waals surface area (Å²) in [6.45, 7) is 3.99. The number of phenolic OH excluding ortho intramolecular Hbond substituents is 1. The number of fused-ring (bicyclic) bond motifs is 1. The average molecular weight is 528 g/mol. The van der Waals surface area contributed by atoms with Crippen LogP contribution in [-0.2, 0) is 14.8 Å². The Morgan fingerprint density at radius 1 is 1.17 bits per heavy atom. The fourth-order valence-corrected chi connectivity index (χ4v) is 4.70. The number of rotatable bonds is 12. The molecule has 6 N–H and O–H groups in total. The lowest BCUT2D eigenvalue weighted by Gasteiger charge is -2.08. The summed E-state index contributed by atoms with van der Waals surface area (Å²) < 4.78 is 25.7. The molecule has 0 aliphatic heterocycles. The number of sulfonamides is 1. The van der Waals surface area contributed by atoms with E-state index in [1.165, 1.54) is 11.3 Å². The Balaban J connectivity index is 1.39. The van der Waals surface area contributed by atoms with Gasteiger partial charge in [0.25, 0.3) is 0 Å². The molecule has 3 rings (SSSR count). The number of anilines is 3. The number of thiazole rings is 1. The van der Waals surface area contributed by atoms with Crippen molar-refractivity contribution in [1.82, 2.24) is 9.71 Å². The van der Waals surface area contributed by atoms with Gasteiger partial charge in [0.1, 0.15) is 11.3 Å². The van der Waals surface area contributed by atoms with Crippen molar-refractivity contribution in [2.24, 2.45) is 0 Å². The predicted molar refractivity (Wildman–Crippen MR) is 146 cm³/mol. The SMILES string of the molecule is C=CS(=O)(=O)NCCCCCCC(=O)Nc1cccc(NCC#Cc2cc(O)c3nc(N)sc3c2)c1. The molecule has 1 heterocycles. The standard InChI is InChI=1S/C25H29N5O4S2/c1-2-36(33,34)28-14-6-4-3-5-12-23(32)29-20-11-7-10-19(17-20)27-13-8-9-18-15-21(31)24-22(16-18)35-25(26)30-24/h2,7,10-11,15-17,27-28,31H,1,3-6,12-14H2,(H2,26,30)(H,29,32). The summed E-state index contributed by atoms with van der Waals surface area (Å²) in [7, 11) is -3.37. The van der Waals surface area contributed by atoms with Crippen LogP contribution >= 0.6 is 11.3 Å². The molecule has 190 valence electrons. The van der Waals surface area contributed by atoms with Crippen LogP contribution in [0.1, 0.15) is 37.7 Å². The lowest BCUT2D eigenvalue weighted by Crippen LogP contribution is -2.22. The molecule has 0 saturated carbocycles. The van der Waals surface area contributed by atoms with Crippen molar-refractivity contribution < 1.29 is 18.3 Å². The number of unbranched alkanes of at least 4 members (excludes halogenated alkanes) is 3. The number of nitrogens with two attached hydrogens (primary N) is 1. The maximum absolute atomic E-state index is 12.2. The van der Waals surface area contributed by atoms with E-state index >= 15 is 0 Å². The van der Waals surface area contributed by atoms with Gasteiger partial charge in [0.15, 0.2) is 5.13 Å². The van der Waals surface area contributed by atoms with Gasteiger partial charge in [-0.25, -0.2) is 18.1 Å². The van der Waals surface area contributed by atoms with E-state index in [1.807, 2.05) is 30.3 Å². The zero-order chi connectivity index (χ0) is 26.0. The number of nitrogens with zero attached hydrogens (tertiary/aromatic N) is 1. The summed E-state index contributed by atoms with van der Waals surface area (Å²) in [6, 6.07) is 10.8. The van der Waals surface area contributed by atoms with Gasteiger partial charge in [0, 0.05) is 35.3 Å². The largest absolute Gasteiger partial charge is 0.506 e. The summed E-state index contributed by atoms with van der Waals surface area (Å²) in [5.41, 5.74) is 8.36. The van der Waals surface area contributed by atoms with Crippen LogP contribution in [0, 0.1) is 11.8 Å². The van der Waals surface area contributed by atoms with Gasteiger partial charge < -0.3 is 21.5 Å². The molecule has 0 bridgehead atoms. The topological polar surface area (TPSA) is 146 Å². The van der Waals surface area contributed by atoms with Crippen LogP contribution in [-0.4, -0.2) is 37.5 Å². The highest BCUT2D eigenvalue weighted by atomic mass is 32.2. The monoisotopic (exact) mass is 527 g/mol. The molecule has 36 heavy (non-hydrogen) atoms. The Bertz CT molecular complexity index is 1390. The number of amides is 1. The molecule has 0 saturated heterocycles. The number of phenols is 1. The molecule has 0 atom stereocenters. The van der Waals surface area contributed by atoms with Crippen LogP contribution in [0.2, 0.25) is 0 Å². The molecule has 2 aromatic carbocycles. The van der Waals surface area contributed by atoms with E-state index in [4.69, 9.17) is 5.73 Å². The van der Waals surface area contributed by atoms with Crippen molar-refractivity contribution in [2.45, 2.75) is 32.1 Å². The molecule has 0 spiro atoms. The maximum Gasteiger partial charge on any atom is 0.233 e. The number of aromatic hydroxyl groups is 1. The van der Waals surface area contributed by atoms with Crippen molar-refractivity contribution >= 4 is 54.0 Å². The molecule has 1 aromatic heterocycles. The molecule has 9 nitrogen and oxygen atoms in total. The van der Waals surface area contributed by atoms with Crippen molar-refractivity contribution in [1.29, 1.82) is 0 Å². The van der Waals surface area contributed by atoms with Crippen LogP contribution in [0.15, 0.2) is 48.4 Å².